The third-order valence-electron chi connectivity index (χ3n) is 10.4. The molecule has 0 saturated heterocycles. The van der Waals surface area contributed by atoms with E-state index in [-0.39, 0.29) is 0 Å². The predicted molar refractivity (Wildman–Crippen MR) is 213 cm³/mol. The van der Waals surface area contributed by atoms with Crippen LogP contribution >= 0.6 is 0 Å². The van der Waals surface area contributed by atoms with Gasteiger partial charge in [-0.15, -0.1) is 0 Å². The van der Waals surface area contributed by atoms with E-state index in [1.54, 1.807) is 0 Å². The van der Waals surface area contributed by atoms with Gasteiger partial charge in [-0.25, -0.2) is 9.97 Å². The molecule has 236 valence electrons. The zero-order chi connectivity index (χ0) is 33.5. The minimum Gasteiger partial charge on any atom is -0.455 e. The van der Waals surface area contributed by atoms with Gasteiger partial charge in [0.05, 0.1) is 22.2 Å². The smallest absolute Gasteiger partial charge is 0.144 e. The summed E-state index contributed by atoms with van der Waals surface area (Å²) in [5.41, 5.74) is 11.4. The van der Waals surface area contributed by atoms with Crippen molar-refractivity contribution < 1.29 is 4.42 Å². The Kier molecular flexibility index (Phi) is 5.96. The lowest BCUT2D eigenvalue weighted by Gasteiger charge is -2.14. The zero-order valence-electron chi connectivity index (χ0n) is 27.5. The number of benzene rings is 8. The molecule has 51 heavy (non-hydrogen) atoms. The Morgan fingerprint density at radius 1 is 0.373 bits per heavy atom. The molecule has 0 saturated carbocycles. The summed E-state index contributed by atoms with van der Waals surface area (Å²) in [7, 11) is 0. The number of rotatable bonds is 3. The van der Waals surface area contributed by atoms with Crippen molar-refractivity contribution in [2.45, 2.75) is 0 Å². The average molecular weight is 649 g/mol. The van der Waals surface area contributed by atoms with Crippen LogP contribution < -0.4 is 0 Å². The summed E-state index contributed by atoms with van der Waals surface area (Å²) >= 11 is 0. The first kappa shape index (κ1) is 28.0. The van der Waals surface area contributed by atoms with Gasteiger partial charge < -0.3 is 4.42 Å². The van der Waals surface area contributed by atoms with E-state index in [1.165, 1.54) is 16.5 Å². The molecule has 0 bridgehead atoms. The fourth-order valence-corrected chi connectivity index (χ4v) is 7.99. The lowest BCUT2D eigenvalue weighted by Crippen LogP contribution is -1.91. The highest BCUT2D eigenvalue weighted by Crippen LogP contribution is 2.42. The molecule has 0 amide bonds. The van der Waals surface area contributed by atoms with E-state index in [1.807, 2.05) is 18.2 Å². The highest BCUT2D eigenvalue weighted by atomic mass is 16.3. The van der Waals surface area contributed by atoms with Crippen LogP contribution in [0.2, 0.25) is 0 Å². The van der Waals surface area contributed by atoms with E-state index >= 15 is 0 Å². The lowest BCUT2D eigenvalue weighted by atomic mass is 9.92. The summed E-state index contributed by atoms with van der Waals surface area (Å²) in [6, 6.07) is 60.2. The van der Waals surface area contributed by atoms with E-state index in [0.29, 0.717) is 0 Å². The minimum atomic E-state index is 0.893. The van der Waals surface area contributed by atoms with Crippen LogP contribution in [0.1, 0.15) is 0 Å². The topological polar surface area (TPSA) is 38.9 Å². The normalized spacial score (nSPS) is 11.9. The second kappa shape index (κ2) is 10.8. The summed E-state index contributed by atoms with van der Waals surface area (Å²) in [6.45, 7) is 0. The van der Waals surface area contributed by atoms with Crippen LogP contribution in [-0.2, 0) is 0 Å². The number of hydrogen-bond acceptors (Lipinski definition) is 3. The number of fused-ring (bicyclic) bond motifs is 11. The molecule has 0 aliphatic rings. The van der Waals surface area contributed by atoms with Crippen LogP contribution in [0.5, 0.6) is 0 Å². The highest BCUT2D eigenvalue weighted by Gasteiger charge is 2.18. The Bertz CT molecular complexity index is 3190. The summed E-state index contributed by atoms with van der Waals surface area (Å²) in [6.07, 6.45) is 0. The number of para-hydroxylation sites is 2. The van der Waals surface area contributed by atoms with Gasteiger partial charge in [0.15, 0.2) is 0 Å². The van der Waals surface area contributed by atoms with Gasteiger partial charge in [-0.05, 0) is 70.1 Å². The van der Waals surface area contributed by atoms with E-state index in [0.717, 1.165) is 93.2 Å². The van der Waals surface area contributed by atoms with Gasteiger partial charge in [0.25, 0.3) is 0 Å². The van der Waals surface area contributed by atoms with Crippen LogP contribution in [0.3, 0.4) is 0 Å². The van der Waals surface area contributed by atoms with Gasteiger partial charge in [0.1, 0.15) is 11.2 Å². The van der Waals surface area contributed by atoms with Crippen molar-refractivity contribution in [1.29, 1.82) is 0 Å². The lowest BCUT2D eigenvalue weighted by molar-refractivity contribution is 0.673. The maximum Gasteiger partial charge on any atom is 0.144 e. The quantitative estimate of drug-likeness (QED) is 0.141. The molecule has 0 N–H and O–H groups in total. The second-order valence-electron chi connectivity index (χ2n) is 13.3. The van der Waals surface area contributed by atoms with Gasteiger partial charge in [-0.3, -0.25) is 0 Å². The molecule has 3 heterocycles. The predicted octanol–water partition coefficient (Wildman–Crippen LogP) is 13.1. The third-order valence-corrected chi connectivity index (χ3v) is 10.4. The molecule has 0 spiro atoms. The second-order valence-corrected chi connectivity index (χ2v) is 13.3. The number of hydrogen-bond donors (Lipinski definition) is 0. The Labute approximate surface area is 293 Å². The van der Waals surface area contributed by atoms with Crippen molar-refractivity contribution in [2.24, 2.45) is 0 Å². The SMILES string of the molecule is c1ccc(-c2nc3cc(-c4cccc(-c5cc6cc7ccccc7nc6c6ccccc56)c4)ccc3c3c2ccc2c4ccccc4oc23)cc1. The standard InChI is InChI=1S/C48H28N2O/c1-2-11-29(12-3-1)46-40-24-23-38-36-17-7-9-20-44(36)51-48(38)45(40)39-22-21-31(28-43(39)50-46)30-14-10-15-32(25-30)41-27-34-26-33-13-4-8-19-42(33)49-47(34)37-18-6-5-16-35(37)41/h1-28H. The van der Waals surface area contributed by atoms with Crippen molar-refractivity contribution >= 4 is 76.2 Å². The van der Waals surface area contributed by atoms with Gasteiger partial charge in [0.2, 0.25) is 0 Å². The average Bonchev–Trinajstić information content (AvgIpc) is 3.58. The van der Waals surface area contributed by atoms with Crippen molar-refractivity contribution in [3.63, 3.8) is 0 Å². The summed E-state index contributed by atoms with van der Waals surface area (Å²) < 4.78 is 6.60. The molecule has 3 nitrogen and oxygen atoms in total. The molecule has 11 aromatic rings. The van der Waals surface area contributed by atoms with E-state index in [9.17, 15) is 0 Å². The molecule has 0 fully saturated rings. The molecule has 0 radical (unpaired) electrons. The van der Waals surface area contributed by atoms with Crippen LogP contribution in [-0.4, -0.2) is 9.97 Å². The molecular formula is C48H28N2O. The van der Waals surface area contributed by atoms with Crippen LogP contribution in [0.15, 0.2) is 174 Å². The molecule has 0 unspecified atom stereocenters. The van der Waals surface area contributed by atoms with Crippen LogP contribution in [0.25, 0.3) is 110 Å². The fraction of sp³-hybridized carbons (Fsp3) is 0. The van der Waals surface area contributed by atoms with Crippen molar-refractivity contribution in [1.82, 2.24) is 9.97 Å². The summed E-state index contributed by atoms with van der Waals surface area (Å²) in [4.78, 5) is 10.5. The first-order chi connectivity index (χ1) is 25.3. The first-order valence-electron chi connectivity index (χ1n) is 17.3. The van der Waals surface area contributed by atoms with E-state index in [2.05, 4.69) is 152 Å². The number of nitrogens with zero attached hydrogens (tertiary/aromatic N) is 2. The largest absolute Gasteiger partial charge is 0.455 e. The molecule has 8 aromatic carbocycles. The molecule has 3 aromatic heterocycles. The molecule has 11 rings (SSSR count). The summed E-state index contributed by atoms with van der Waals surface area (Å²) in [5, 5.41) is 10.1. The monoisotopic (exact) mass is 648 g/mol. The number of aromatic nitrogens is 2. The molecule has 0 aliphatic heterocycles. The zero-order valence-corrected chi connectivity index (χ0v) is 27.5. The highest BCUT2D eigenvalue weighted by molar-refractivity contribution is 6.25. The van der Waals surface area contributed by atoms with Crippen molar-refractivity contribution in [3.05, 3.63) is 170 Å². The molecule has 0 atom stereocenters. The Morgan fingerprint density at radius 3 is 2.00 bits per heavy atom. The number of pyridine rings is 2. The van der Waals surface area contributed by atoms with Gasteiger partial charge in [-0.2, -0.15) is 0 Å². The molecule has 0 aliphatic carbocycles. The summed E-state index contributed by atoms with van der Waals surface area (Å²) in [5.74, 6) is 0. The Balaban J connectivity index is 1.13. The molecular weight excluding hydrogens is 621 g/mol. The number of furan rings is 1. The van der Waals surface area contributed by atoms with Crippen molar-refractivity contribution in [3.8, 4) is 33.5 Å². The minimum absolute atomic E-state index is 0.893. The van der Waals surface area contributed by atoms with Crippen molar-refractivity contribution in [2.75, 3.05) is 0 Å². The first-order valence-corrected chi connectivity index (χ1v) is 17.3. The maximum atomic E-state index is 6.60. The molecule has 3 heteroatoms. The van der Waals surface area contributed by atoms with E-state index < -0.39 is 0 Å². The Hall–Kier alpha value is -6.84. The third kappa shape index (κ3) is 4.32. The maximum absolute atomic E-state index is 6.60. The van der Waals surface area contributed by atoms with Crippen LogP contribution in [0, 0.1) is 0 Å². The van der Waals surface area contributed by atoms with Crippen LogP contribution in [0.4, 0.5) is 0 Å². The fourth-order valence-electron chi connectivity index (χ4n) is 7.99. The Morgan fingerprint density at radius 2 is 1.08 bits per heavy atom. The van der Waals surface area contributed by atoms with Gasteiger partial charge >= 0.3 is 0 Å². The van der Waals surface area contributed by atoms with Gasteiger partial charge in [-0.1, -0.05) is 127 Å². The van der Waals surface area contributed by atoms with E-state index in [4.69, 9.17) is 14.4 Å². The van der Waals surface area contributed by atoms with Gasteiger partial charge in [0, 0.05) is 48.7 Å².